The molecule has 0 fully saturated rings. The standard InChI is InChI=1S/C14H11BrFNO2/c15-12-6-9(4-5-13(12)16)8-19-14(18)10-2-1-3-11(17)7-10/h1-7H,8,17H2. The molecule has 2 aromatic rings. The number of anilines is 1. The van der Waals surface area contributed by atoms with Gasteiger partial charge >= 0.3 is 5.97 Å². The van der Waals surface area contributed by atoms with Crippen molar-refractivity contribution in [2.75, 3.05) is 5.73 Å². The Kier molecular flexibility index (Phi) is 4.16. The Morgan fingerprint density at radius 1 is 1.26 bits per heavy atom. The van der Waals surface area contributed by atoms with Crippen molar-refractivity contribution in [3.63, 3.8) is 0 Å². The zero-order valence-corrected chi connectivity index (χ0v) is 11.5. The van der Waals surface area contributed by atoms with E-state index in [1.54, 1.807) is 36.4 Å². The van der Waals surface area contributed by atoms with E-state index in [-0.39, 0.29) is 12.4 Å². The van der Waals surface area contributed by atoms with E-state index in [1.165, 1.54) is 6.07 Å². The van der Waals surface area contributed by atoms with Crippen molar-refractivity contribution in [3.05, 3.63) is 63.9 Å². The highest BCUT2D eigenvalue weighted by molar-refractivity contribution is 9.10. The Hall–Kier alpha value is -1.88. The van der Waals surface area contributed by atoms with Crippen LogP contribution in [0.15, 0.2) is 46.9 Å². The summed E-state index contributed by atoms with van der Waals surface area (Å²) in [5.74, 6) is -0.821. The molecule has 0 radical (unpaired) electrons. The number of esters is 1. The molecule has 0 aliphatic rings. The zero-order chi connectivity index (χ0) is 13.8. The fraction of sp³-hybridized carbons (Fsp3) is 0.0714. The highest BCUT2D eigenvalue weighted by Crippen LogP contribution is 2.18. The lowest BCUT2D eigenvalue weighted by Crippen LogP contribution is -2.05. The van der Waals surface area contributed by atoms with Gasteiger partial charge in [-0.15, -0.1) is 0 Å². The van der Waals surface area contributed by atoms with Gasteiger partial charge in [-0.3, -0.25) is 0 Å². The van der Waals surface area contributed by atoms with Crippen LogP contribution < -0.4 is 5.73 Å². The van der Waals surface area contributed by atoms with Crippen LogP contribution in [0.3, 0.4) is 0 Å². The normalized spacial score (nSPS) is 10.2. The second-order valence-electron chi connectivity index (χ2n) is 3.95. The van der Waals surface area contributed by atoms with Crippen LogP contribution >= 0.6 is 15.9 Å². The van der Waals surface area contributed by atoms with E-state index in [0.717, 1.165) is 0 Å². The molecular weight excluding hydrogens is 313 g/mol. The molecule has 98 valence electrons. The summed E-state index contributed by atoms with van der Waals surface area (Å²) in [4.78, 5) is 11.8. The number of rotatable bonds is 3. The highest BCUT2D eigenvalue weighted by Gasteiger charge is 2.08. The first-order chi connectivity index (χ1) is 9.06. The third-order valence-electron chi connectivity index (χ3n) is 2.48. The third kappa shape index (κ3) is 3.54. The van der Waals surface area contributed by atoms with Crippen LogP contribution in [0.1, 0.15) is 15.9 Å². The second kappa shape index (κ2) is 5.84. The van der Waals surface area contributed by atoms with Gasteiger partial charge in [0.1, 0.15) is 12.4 Å². The Balaban J connectivity index is 2.02. The first kappa shape index (κ1) is 13.5. The molecular formula is C14H11BrFNO2. The monoisotopic (exact) mass is 323 g/mol. The summed E-state index contributed by atoms with van der Waals surface area (Å²) in [5.41, 5.74) is 7.17. The van der Waals surface area contributed by atoms with Crippen LogP contribution in [0.25, 0.3) is 0 Å². The van der Waals surface area contributed by atoms with Crippen molar-refractivity contribution in [1.29, 1.82) is 0 Å². The van der Waals surface area contributed by atoms with E-state index in [4.69, 9.17) is 10.5 Å². The van der Waals surface area contributed by atoms with Crippen molar-refractivity contribution >= 4 is 27.6 Å². The number of nitrogens with two attached hydrogens (primary N) is 1. The molecule has 3 nitrogen and oxygen atoms in total. The Labute approximate surface area is 118 Å². The molecule has 0 aliphatic heterocycles. The van der Waals surface area contributed by atoms with Gasteiger partial charge < -0.3 is 10.5 Å². The van der Waals surface area contributed by atoms with E-state index in [1.807, 2.05) is 0 Å². The number of benzene rings is 2. The van der Waals surface area contributed by atoms with E-state index in [9.17, 15) is 9.18 Å². The highest BCUT2D eigenvalue weighted by atomic mass is 79.9. The van der Waals surface area contributed by atoms with Crippen molar-refractivity contribution in [2.45, 2.75) is 6.61 Å². The van der Waals surface area contributed by atoms with Crippen LogP contribution in [0.5, 0.6) is 0 Å². The van der Waals surface area contributed by atoms with Gasteiger partial charge in [-0.25, -0.2) is 9.18 Å². The van der Waals surface area contributed by atoms with Crippen LogP contribution in [-0.2, 0) is 11.3 Å². The first-order valence-electron chi connectivity index (χ1n) is 5.53. The fourth-order valence-corrected chi connectivity index (χ4v) is 1.95. The number of hydrogen-bond acceptors (Lipinski definition) is 3. The predicted octanol–water partition coefficient (Wildman–Crippen LogP) is 3.53. The topological polar surface area (TPSA) is 52.3 Å². The second-order valence-corrected chi connectivity index (χ2v) is 4.80. The minimum atomic E-state index is -0.465. The van der Waals surface area contributed by atoms with Crippen molar-refractivity contribution in [1.82, 2.24) is 0 Å². The molecule has 5 heteroatoms. The van der Waals surface area contributed by atoms with Gasteiger partial charge in [0, 0.05) is 5.69 Å². The molecule has 0 spiro atoms. The molecule has 0 bridgehead atoms. The Bertz CT molecular complexity index is 616. The van der Waals surface area contributed by atoms with E-state index >= 15 is 0 Å². The van der Waals surface area contributed by atoms with Crippen molar-refractivity contribution in [3.8, 4) is 0 Å². The fourth-order valence-electron chi connectivity index (χ4n) is 1.53. The largest absolute Gasteiger partial charge is 0.457 e. The summed E-state index contributed by atoms with van der Waals surface area (Å²) in [5, 5.41) is 0. The lowest BCUT2D eigenvalue weighted by molar-refractivity contribution is 0.0472. The minimum Gasteiger partial charge on any atom is -0.457 e. The van der Waals surface area contributed by atoms with Gasteiger partial charge in [0.15, 0.2) is 0 Å². The number of hydrogen-bond donors (Lipinski definition) is 1. The maximum absolute atomic E-state index is 13.0. The van der Waals surface area contributed by atoms with Crippen LogP contribution in [0, 0.1) is 5.82 Å². The van der Waals surface area contributed by atoms with Crippen molar-refractivity contribution < 1.29 is 13.9 Å². The van der Waals surface area contributed by atoms with Gasteiger partial charge in [0.05, 0.1) is 10.0 Å². The molecule has 0 saturated carbocycles. The number of halogens is 2. The molecule has 19 heavy (non-hydrogen) atoms. The van der Waals surface area contributed by atoms with Gasteiger partial charge in [0.25, 0.3) is 0 Å². The summed E-state index contributed by atoms with van der Waals surface area (Å²) in [7, 11) is 0. The first-order valence-corrected chi connectivity index (χ1v) is 6.32. The van der Waals surface area contributed by atoms with Crippen LogP contribution in [0.2, 0.25) is 0 Å². The molecule has 2 rings (SSSR count). The smallest absolute Gasteiger partial charge is 0.338 e. The molecule has 2 N–H and O–H groups in total. The number of nitrogen functional groups attached to an aromatic ring is 1. The Morgan fingerprint density at radius 3 is 2.74 bits per heavy atom. The predicted molar refractivity (Wildman–Crippen MR) is 74.1 cm³/mol. The summed E-state index contributed by atoms with van der Waals surface area (Å²) in [6.45, 7) is 0.0759. The number of carbonyl (C=O) groups is 1. The minimum absolute atomic E-state index is 0.0759. The molecule has 0 aromatic heterocycles. The number of ether oxygens (including phenoxy) is 1. The maximum Gasteiger partial charge on any atom is 0.338 e. The lowest BCUT2D eigenvalue weighted by Gasteiger charge is -2.06. The molecule has 2 aromatic carbocycles. The molecule has 0 heterocycles. The molecule has 0 amide bonds. The maximum atomic E-state index is 13.0. The van der Waals surface area contributed by atoms with Crippen LogP contribution in [0.4, 0.5) is 10.1 Å². The van der Waals surface area contributed by atoms with E-state index in [2.05, 4.69) is 15.9 Å². The lowest BCUT2D eigenvalue weighted by atomic mass is 10.2. The molecule has 0 saturated heterocycles. The summed E-state index contributed by atoms with van der Waals surface area (Å²) < 4.78 is 18.5. The van der Waals surface area contributed by atoms with E-state index < -0.39 is 5.97 Å². The SMILES string of the molecule is Nc1cccc(C(=O)OCc2ccc(F)c(Br)c2)c1. The summed E-state index contributed by atoms with van der Waals surface area (Å²) in [6, 6.07) is 11.0. The average molecular weight is 324 g/mol. The van der Waals surface area contributed by atoms with Crippen molar-refractivity contribution in [2.24, 2.45) is 0 Å². The third-order valence-corrected chi connectivity index (χ3v) is 3.08. The van der Waals surface area contributed by atoms with Gasteiger partial charge in [-0.2, -0.15) is 0 Å². The molecule has 0 atom stereocenters. The zero-order valence-electron chi connectivity index (χ0n) is 9.90. The molecule has 0 aliphatic carbocycles. The summed E-state index contributed by atoms with van der Waals surface area (Å²) >= 11 is 3.08. The van der Waals surface area contributed by atoms with E-state index in [0.29, 0.717) is 21.3 Å². The van der Waals surface area contributed by atoms with Crippen LogP contribution in [-0.4, -0.2) is 5.97 Å². The van der Waals surface area contributed by atoms with Gasteiger partial charge in [0.2, 0.25) is 0 Å². The molecule has 0 unspecified atom stereocenters. The van der Waals surface area contributed by atoms with Gasteiger partial charge in [-0.05, 0) is 51.8 Å². The average Bonchev–Trinajstić information content (AvgIpc) is 2.40. The van der Waals surface area contributed by atoms with Gasteiger partial charge in [-0.1, -0.05) is 12.1 Å². The quantitative estimate of drug-likeness (QED) is 0.694. The number of carbonyl (C=O) groups excluding carboxylic acids is 1. The Morgan fingerprint density at radius 2 is 2.05 bits per heavy atom. The summed E-state index contributed by atoms with van der Waals surface area (Å²) in [6.07, 6.45) is 0.